The smallest absolute Gasteiger partial charge is 0.312 e. The summed E-state index contributed by atoms with van der Waals surface area (Å²) < 4.78 is 11.1. The van der Waals surface area contributed by atoms with E-state index < -0.39 is 23.3 Å². The maximum absolute atomic E-state index is 12.9. The number of nitrogens with zero attached hydrogens (tertiary/aromatic N) is 1. The highest BCUT2D eigenvalue weighted by Gasteiger charge is 2.46. The van der Waals surface area contributed by atoms with Crippen LogP contribution in [0.15, 0.2) is 48.5 Å². The summed E-state index contributed by atoms with van der Waals surface area (Å²) in [6.45, 7) is 0.663. The Morgan fingerprint density at radius 2 is 1.94 bits per heavy atom. The van der Waals surface area contributed by atoms with E-state index in [1.165, 1.54) is 12.0 Å². The number of nitrogen functional groups attached to an aromatic ring is 1. The standard InChI is InChI=1S/C24H28N4O6/c1-33-19-5-2-4-17(14-19)24(15-20(29)30,28-12-11-27-22(31)23(28)32)10-3-13-34-18-8-6-16(7-9-18)21(25)26/h2,4-9,14H,3,10-13,15H2,1H3,(H3,25,26)(H,27,31)(H,29,30). The number of benzene rings is 2. The molecule has 1 fully saturated rings. The van der Waals surface area contributed by atoms with Crippen molar-refractivity contribution in [2.24, 2.45) is 5.73 Å². The van der Waals surface area contributed by atoms with Gasteiger partial charge in [-0.15, -0.1) is 0 Å². The third-order valence-electron chi connectivity index (χ3n) is 5.80. The van der Waals surface area contributed by atoms with E-state index in [-0.39, 0.29) is 38.4 Å². The van der Waals surface area contributed by atoms with E-state index in [1.54, 1.807) is 48.5 Å². The van der Waals surface area contributed by atoms with Crippen LogP contribution in [0.1, 0.15) is 30.4 Å². The summed E-state index contributed by atoms with van der Waals surface area (Å²) in [7, 11) is 1.50. The lowest BCUT2D eigenvalue weighted by atomic mass is 9.80. The van der Waals surface area contributed by atoms with Gasteiger partial charge in [-0.3, -0.25) is 19.8 Å². The van der Waals surface area contributed by atoms with E-state index in [2.05, 4.69) is 5.32 Å². The fourth-order valence-corrected chi connectivity index (χ4v) is 4.16. The van der Waals surface area contributed by atoms with Crippen molar-refractivity contribution >= 4 is 23.6 Å². The molecule has 0 aromatic heterocycles. The zero-order chi connectivity index (χ0) is 24.7. The van der Waals surface area contributed by atoms with Gasteiger partial charge >= 0.3 is 17.8 Å². The molecule has 0 bridgehead atoms. The Hall–Kier alpha value is -4.08. The van der Waals surface area contributed by atoms with Crippen LogP contribution >= 0.6 is 0 Å². The summed E-state index contributed by atoms with van der Waals surface area (Å²) in [5.41, 5.74) is 5.35. The number of nitrogens with one attached hydrogen (secondary N) is 2. The molecule has 2 aromatic rings. The van der Waals surface area contributed by atoms with Crippen LogP contribution in [0.5, 0.6) is 11.5 Å². The van der Waals surface area contributed by atoms with Gasteiger partial charge in [0.1, 0.15) is 17.3 Å². The monoisotopic (exact) mass is 468 g/mol. The molecule has 1 atom stereocenters. The first-order valence-electron chi connectivity index (χ1n) is 10.8. The van der Waals surface area contributed by atoms with Crippen molar-refractivity contribution in [3.8, 4) is 11.5 Å². The average Bonchev–Trinajstić information content (AvgIpc) is 2.83. The number of carbonyl (C=O) groups excluding carboxylic acids is 2. The summed E-state index contributed by atoms with van der Waals surface area (Å²) in [5, 5.41) is 19.8. The highest BCUT2D eigenvalue weighted by Crippen LogP contribution is 2.39. The number of hydrogen-bond acceptors (Lipinski definition) is 6. The first-order chi connectivity index (χ1) is 16.3. The maximum atomic E-state index is 12.9. The highest BCUT2D eigenvalue weighted by atomic mass is 16.5. The molecular weight excluding hydrogens is 440 g/mol. The molecule has 0 saturated carbocycles. The second-order valence-electron chi connectivity index (χ2n) is 7.94. The number of carboxylic acid groups (broad SMARTS) is 1. The second-order valence-corrected chi connectivity index (χ2v) is 7.94. The van der Waals surface area contributed by atoms with Gasteiger partial charge in [-0.25, -0.2) is 0 Å². The molecule has 2 aromatic carbocycles. The number of methoxy groups -OCH3 is 1. The van der Waals surface area contributed by atoms with Crippen molar-refractivity contribution in [3.63, 3.8) is 0 Å². The Morgan fingerprint density at radius 1 is 1.21 bits per heavy atom. The highest BCUT2D eigenvalue weighted by molar-refractivity contribution is 6.35. The fraction of sp³-hybridized carbons (Fsp3) is 0.333. The zero-order valence-electron chi connectivity index (χ0n) is 18.9. The summed E-state index contributed by atoms with van der Waals surface area (Å²) in [6.07, 6.45) is 0.272. The topological polar surface area (TPSA) is 155 Å². The summed E-state index contributed by atoms with van der Waals surface area (Å²) in [6, 6.07) is 13.6. The number of carboxylic acids is 1. The van der Waals surface area contributed by atoms with Crippen molar-refractivity contribution in [3.05, 3.63) is 59.7 Å². The number of aliphatic carboxylic acids is 1. The summed E-state index contributed by atoms with van der Waals surface area (Å²) in [5.74, 6) is -1.57. The van der Waals surface area contributed by atoms with Gasteiger partial charge in [0, 0.05) is 18.7 Å². The lowest BCUT2D eigenvalue weighted by molar-refractivity contribution is -0.157. The lowest BCUT2D eigenvalue weighted by Crippen LogP contribution is -2.60. The minimum atomic E-state index is -1.27. The molecular formula is C24H28N4O6. The van der Waals surface area contributed by atoms with E-state index in [1.807, 2.05) is 0 Å². The molecule has 34 heavy (non-hydrogen) atoms. The van der Waals surface area contributed by atoms with Gasteiger partial charge in [-0.1, -0.05) is 12.1 Å². The first-order valence-corrected chi connectivity index (χ1v) is 10.8. The molecule has 5 N–H and O–H groups in total. The van der Waals surface area contributed by atoms with Crippen LogP contribution in [0.4, 0.5) is 0 Å². The summed E-state index contributed by atoms with van der Waals surface area (Å²) in [4.78, 5) is 38.4. The number of hydrogen-bond donors (Lipinski definition) is 4. The number of ether oxygens (including phenoxy) is 2. The summed E-state index contributed by atoms with van der Waals surface area (Å²) >= 11 is 0. The number of piperazine rings is 1. The third kappa shape index (κ3) is 5.45. The average molecular weight is 469 g/mol. The molecule has 0 radical (unpaired) electrons. The first kappa shape index (κ1) is 24.6. The molecule has 0 aliphatic carbocycles. The van der Waals surface area contributed by atoms with Crippen LogP contribution in [-0.2, 0) is 19.9 Å². The number of amides is 2. The van der Waals surface area contributed by atoms with Gasteiger partial charge in [0.25, 0.3) is 0 Å². The molecule has 1 heterocycles. The largest absolute Gasteiger partial charge is 0.497 e. The van der Waals surface area contributed by atoms with E-state index in [0.29, 0.717) is 29.0 Å². The van der Waals surface area contributed by atoms with E-state index >= 15 is 0 Å². The molecule has 0 spiro atoms. The van der Waals surface area contributed by atoms with Crippen molar-refractivity contribution in [1.29, 1.82) is 5.41 Å². The molecule has 2 amide bonds. The number of rotatable bonds is 11. The van der Waals surface area contributed by atoms with E-state index in [4.69, 9.17) is 20.6 Å². The minimum Gasteiger partial charge on any atom is -0.497 e. The van der Waals surface area contributed by atoms with Gasteiger partial charge in [0.2, 0.25) is 0 Å². The number of nitrogens with two attached hydrogens (primary N) is 1. The minimum absolute atomic E-state index is 0.0430. The SMILES string of the molecule is COc1cccc(C(CCCOc2ccc(C(=N)N)cc2)(CC(=O)O)N2CCNC(=O)C2=O)c1. The Labute approximate surface area is 197 Å². The van der Waals surface area contributed by atoms with Gasteiger partial charge in [-0.2, -0.15) is 0 Å². The van der Waals surface area contributed by atoms with Gasteiger partial charge in [-0.05, 0) is 54.8 Å². The van der Waals surface area contributed by atoms with Crippen molar-refractivity contribution in [2.75, 3.05) is 26.8 Å². The molecule has 3 rings (SSSR count). The van der Waals surface area contributed by atoms with Crippen LogP contribution in [-0.4, -0.2) is 60.4 Å². The Morgan fingerprint density at radius 3 is 2.59 bits per heavy atom. The molecule has 1 aliphatic rings. The molecule has 180 valence electrons. The van der Waals surface area contributed by atoms with Crippen molar-refractivity contribution < 1.29 is 29.0 Å². The van der Waals surface area contributed by atoms with Crippen LogP contribution in [0.2, 0.25) is 0 Å². The Kier molecular flexibility index (Phi) is 7.72. The third-order valence-corrected chi connectivity index (χ3v) is 5.80. The molecule has 1 aliphatic heterocycles. The Bertz CT molecular complexity index is 1070. The molecule has 10 nitrogen and oxygen atoms in total. The van der Waals surface area contributed by atoms with E-state index in [0.717, 1.165) is 0 Å². The normalized spacial score (nSPS) is 15.3. The van der Waals surface area contributed by atoms with Crippen LogP contribution in [0.3, 0.4) is 0 Å². The maximum Gasteiger partial charge on any atom is 0.312 e. The van der Waals surface area contributed by atoms with Gasteiger partial charge in [0.15, 0.2) is 0 Å². The van der Waals surface area contributed by atoms with Gasteiger partial charge in [0.05, 0.1) is 25.7 Å². The number of amidine groups is 1. The van der Waals surface area contributed by atoms with Crippen LogP contribution in [0.25, 0.3) is 0 Å². The number of carbonyl (C=O) groups is 3. The zero-order valence-corrected chi connectivity index (χ0v) is 18.9. The fourth-order valence-electron chi connectivity index (χ4n) is 4.16. The molecule has 1 saturated heterocycles. The Balaban J connectivity index is 1.87. The van der Waals surface area contributed by atoms with Crippen LogP contribution in [0, 0.1) is 5.41 Å². The quantitative estimate of drug-likeness (QED) is 0.168. The van der Waals surface area contributed by atoms with Crippen LogP contribution < -0.4 is 20.5 Å². The molecule has 10 heteroatoms. The van der Waals surface area contributed by atoms with Crippen molar-refractivity contribution in [2.45, 2.75) is 24.8 Å². The second kappa shape index (κ2) is 10.7. The predicted molar refractivity (Wildman–Crippen MR) is 124 cm³/mol. The lowest BCUT2D eigenvalue weighted by Gasteiger charge is -2.45. The van der Waals surface area contributed by atoms with E-state index in [9.17, 15) is 19.5 Å². The molecule has 1 unspecified atom stereocenters. The van der Waals surface area contributed by atoms with Gasteiger partial charge < -0.3 is 30.5 Å². The van der Waals surface area contributed by atoms with Crippen molar-refractivity contribution in [1.82, 2.24) is 10.2 Å². The predicted octanol–water partition coefficient (Wildman–Crippen LogP) is 1.47.